The molecule has 1 atom stereocenters. The van der Waals surface area contributed by atoms with E-state index in [2.05, 4.69) is 0 Å². The molecule has 1 aromatic rings. The van der Waals surface area contributed by atoms with E-state index in [0.29, 0.717) is 32.7 Å². The molecule has 0 aromatic heterocycles. The molecule has 1 amide bonds. The highest BCUT2D eigenvalue weighted by Crippen LogP contribution is 2.08. The van der Waals surface area contributed by atoms with Gasteiger partial charge in [0.25, 0.3) is 5.91 Å². The molecule has 1 fully saturated rings. The number of rotatable bonds is 4. The Balaban J connectivity index is 1.80. The van der Waals surface area contributed by atoms with Crippen LogP contribution in [0.1, 0.15) is 12.0 Å². The maximum absolute atomic E-state index is 11.9. The molecule has 98 valence electrons. The molecule has 0 unspecified atom stereocenters. The second-order valence-electron chi connectivity index (χ2n) is 4.48. The number of carbonyl (C=O) groups is 1. The Hall–Kier alpha value is -1.39. The summed E-state index contributed by atoms with van der Waals surface area (Å²) in [5, 5.41) is 9.90. The molecular weight excluding hydrogens is 230 g/mol. The van der Waals surface area contributed by atoms with Crippen LogP contribution in [0.5, 0.6) is 0 Å². The van der Waals surface area contributed by atoms with Crippen molar-refractivity contribution in [3.8, 4) is 0 Å². The van der Waals surface area contributed by atoms with E-state index in [9.17, 15) is 9.90 Å². The average molecular weight is 249 g/mol. The SMILES string of the molecule is O=C([C@H](O)CCc1ccccc1)N1CCOCC1. The zero-order valence-corrected chi connectivity index (χ0v) is 10.4. The fourth-order valence-electron chi connectivity index (χ4n) is 2.07. The number of aliphatic hydroxyl groups excluding tert-OH is 1. The number of nitrogens with zero attached hydrogens (tertiary/aromatic N) is 1. The van der Waals surface area contributed by atoms with Gasteiger partial charge in [0.1, 0.15) is 6.10 Å². The molecule has 0 radical (unpaired) electrons. The van der Waals surface area contributed by atoms with Gasteiger partial charge in [-0.15, -0.1) is 0 Å². The van der Waals surface area contributed by atoms with Gasteiger partial charge in [0.05, 0.1) is 13.2 Å². The van der Waals surface area contributed by atoms with Gasteiger partial charge in [0.2, 0.25) is 0 Å². The van der Waals surface area contributed by atoms with Crippen LogP contribution in [0.3, 0.4) is 0 Å². The Kier molecular flexibility index (Phi) is 4.73. The van der Waals surface area contributed by atoms with E-state index in [1.807, 2.05) is 30.3 Å². The van der Waals surface area contributed by atoms with Crippen LogP contribution in [0, 0.1) is 0 Å². The second-order valence-corrected chi connectivity index (χ2v) is 4.48. The van der Waals surface area contributed by atoms with Crippen LogP contribution in [0.4, 0.5) is 0 Å². The summed E-state index contributed by atoms with van der Waals surface area (Å²) in [4.78, 5) is 13.6. The van der Waals surface area contributed by atoms with E-state index in [0.717, 1.165) is 12.0 Å². The van der Waals surface area contributed by atoms with Crippen LogP contribution in [0.2, 0.25) is 0 Å². The number of ether oxygens (including phenoxy) is 1. The number of carbonyl (C=O) groups excluding carboxylic acids is 1. The predicted molar refractivity (Wildman–Crippen MR) is 68.2 cm³/mol. The summed E-state index contributed by atoms with van der Waals surface area (Å²) in [6.45, 7) is 2.30. The molecular formula is C14H19NO3. The predicted octanol–water partition coefficient (Wildman–Crippen LogP) is 0.839. The lowest BCUT2D eigenvalue weighted by Gasteiger charge is -2.28. The molecule has 18 heavy (non-hydrogen) atoms. The Bertz CT molecular complexity index is 374. The molecule has 1 aromatic carbocycles. The Morgan fingerprint density at radius 1 is 1.28 bits per heavy atom. The van der Waals surface area contributed by atoms with Crippen LogP contribution in [0.25, 0.3) is 0 Å². The number of aryl methyl sites for hydroxylation is 1. The highest BCUT2D eigenvalue weighted by molar-refractivity contribution is 5.80. The average Bonchev–Trinajstić information content (AvgIpc) is 2.46. The lowest BCUT2D eigenvalue weighted by atomic mass is 10.1. The van der Waals surface area contributed by atoms with E-state index in [4.69, 9.17) is 4.74 Å². The minimum atomic E-state index is -0.900. The van der Waals surface area contributed by atoms with Gasteiger partial charge in [-0.05, 0) is 18.4 Å². The van der Waals surface area contributed by atoms with Gasteiger partial charge in [0.15, 0.2) is 0 Å². The summed E-state index contributed by atoms with van der Waals surface area (Å²) in [6, 6.07) is 9.90. The van der Waals surface area contributed by atoms with E-state index in [1.165, 1.54) is 0 Å². The lowest BCUT2D eigenvalue weighted by molar-refractivity contribution is -0.144. The minimum absolute atomic E-state index is 0.172. The Morgan fingerprint density at radius 3 is 2.61 bits per heavy atom. The van der Waals surface area contributed by atoms with Crippen molar-refractivity contribution >= 4 is 5.91 Å². The highest BCUT2D eigenvalue weighted by atomic mass is 16.5. The molecule has 0 spiro atoms. The first kappa shape index (κ1) is 13.1. The van der Waals surface area contributed by atoms with Gasteiger partial charge < -0.3 is 14.7 Å². The smallest absolute Gasteiger partial charge is 0.251 e. The van der Waals surface area contributed by atoms with Gasteiger partial charge in [-0.25, -0.2) is 0 Å². The quantitative estimate of drug-likeness (QED) is 0.860. The van der Waals surface area contributed by atoms with Crippen LogP contribution >= 0.6 is 0 Å². The van der Waals surface area contributed by atoms with Crippen LogP contribution in [-0.2, 0) is 16.0 Å². The zero-order valence-electron chi connectivity index (χ0n) is 10.4. The molecule has 1 aliphatic rings. The summed E-state index contributed by atoms with van der Waals surface area (Å²) < 4.78 is 5.18. The van der Waals surface area contributed by atoms with Crippen molar-refractivity contribution in [2.45, 2.75) is 18.9 Å². The lowest BCUT2D eigenvalue weighted by Crippen LogP contribution is -2.45. The number of hydrogen-bond acceptors (Lipinski definition) is 3. The number of aliphatic hydroxyl groups is 1. The molecule has 4 heteroatoms. The fourth-order valence-corrected chi connectivity index (χ4v) is 2.07. The molecule has 1 saturated heterocycles. The van der Waals surface area contributed by atoms with Crippen molar-refractivity contribution in [2.75, 3.05) is 26.3 Å². The van der Waals surface area contributed by atoms with Crippen molar-refractivity contribution in [1.82, 2.24) is 4.90 Å². The van der Waals surface area contributed by atoms with Crippen molar-refractivity contribution in [3.63, 3.8) is 0 Å². The third-order valence-electron chi connectivity index (χ3n) is 3.16. The summed E-state index contributed by atoms with van der Waals surface area (Å²) in [6.07, 6.45) is 0.293. The Morgan fingerprint density at radius 2 is 1.94 bits per heavy atom. The standard InChI is InChI=1S/C14H19NO3/c16-13(7-6-12-4-2-1-3-5-12)14(17)15-8-10-18-11-9-15/h1-5,13,16H,6-11H2/t13-/m1/s1. The van der Waals surface area contributed by atoms with Gasteiger partial charge in [-0.3, -0.25) is 4.79 Å². The number of amides is 1. The minimum Gasteiger partial charge on any atom is -0.383 e. The number of morpholine rings is 1. The molecule has 4 nitrogen and oxygen atoms in total. The van der Waals surface area contributed by atoms with E-state index >= 15 is 0 Å². The number of hydrogen-bond donors (Lipinski definition) is 1. The first-order valence-corrected chi connectivity index (χ1v) is 6.36. The highest BCUT2D eigenvalue weighted by Gasteiger charge is 2.23. The zero-order chi connectivity index (χ0) is 12.8. The van der Waals surface area contributed by atoms with Crippen molar-refractivity contribution in [1.29, 1.82) is 0 Å². The van der Waals surface area contributed by atoms with Gasteiger partial charge >= 0.3 is 0 Å². The molecule has 1 heterocycles. The topological polar surface area (TPSA) is 49.8 Å². The summed E-state index contributed by atoms with van der Waals surface area (Å²) >= 11 is 0. The molecule has 0 saturated carbocycles. The Labute approximate surface area is 107 Å². The van der Waals surface area contributed by atoms with Crippen molar-refractivity contribution < 1.29 is 14.6 Å². The van der Waals surface area contributed by atoms with Crippen LogP contribution in [-0.4, -0.2) is 48.3 Å². The van der Waals surface area contributed by atoms with Crippen LogP contribution < -0.4 is 0 Å². The molecule has 1 aliphatic heterocycles. The van der Waals surface area contributed by atoms with E-state index < -0.39 is 6.10 Å². The van der Waals surface area contributed by atoms with E-state index in [-0.39, 0.29) is 5.91 Å². The molecule has 0 aliphatic carbocycles. The fraction of sp³-hybridized carbons (Fsp3) is 0.500. The first-order valence-electron chi connectivity index (χ1n) is 6.36. The molecule has 2 rings (SSSR count). The van der Waals surface area contributed by atoms with Gasteiger partial charge in [-0.1, -0.05) is 30.3 Å². The second kappa shape index (κ2) is 6.52. The first-order chi connectivity index (χ1) is 8.77. The summed E-state index contributed by atoms with van der Waals surface area (Å²) in [5.41, 5.74) is 1.14. The van der Waals surface area contributed by atoms with Crippen molar-refractivity contribution in [2.24, 2.45) is 0 Å². The summed E-state index contributed by atoms with van der Waals surface area (Å²) in [7, 11) is 0. The van der Waals surface area contributed by atoms with Crippen LogP contribution in [0.15, 0.2) is 30.3 Å². The third-order valence-corrected chi connectivity index (χ3v) is 3.16. The molecule has 0 bridgehead atoms. The maximum Gasteiger partial charge on any atom is 0.251 e. The summed E-state index contributed by atoms with van der Waals surface area (Å²) in [5.74, 6) is -0.172. The molecule has 1 N–H and O–H groups in total. The van der Waals surface area contributed by atoms with Crippen molar-refractivity contribution in [3.05, 3.63) is 35.9 Å². The van der Waals surface area contributed by atoms with Gasteiger partial charge in [0, 0.05) is 13.1 Å². The maximum atomic E-state index is 11.9. The van der Waals surface area contributed by atoms with Gasteiger partial charge in [-0.2, -0.15) is 0 Å². The largest absolute Gasteiger partial charge is 0.383 e. The number of benzene rings is 1. The third kappa shape index (κ3) is 3.55. The van der Waals surface area contributed by atoms with E-state index in [1.54, 1.807) is 4.90 Å². The normalized spacial score (nSPS) is 17.5. The monoisotopic (exact) mass is 249 g/mol.